The van der Waals surface area contributed by atoms with Crippen LogP contribution in [-0.2, 0) is 36.2 Å². The van der Waals surface area contributed by atoms with Crippen LogP contribution >= 0.6 is 12.8 Å². The molecule has 1 aliphatic heterocycles. The van der Waals surface area contributed by atoms with Gasteiger partial charge in [-0.25, -0.2) is 9.37 Å². The van der Waals surface area contributed by atoms with E-state index in [2.05, 4.69) is 17.5 Å². The van der Waals surface area contributed by atoms with Crippen molar-refractivity contribution >= 4 is 30.0 Å². The molecule has 3 heterocycles. The largest absolute Gasteiger partial charge is 0.385 e. The maximum absolute atomic E-state index is 14.7. The first kappa shape index (κ1) is 30.0. The Morgan fingerprint density at radius 1 is 1.26 bits per heavy atom. The number of aryl methyl sites for hydroxylation is 2. The number of thiol groups is 1. The Balaban J connectivity index is 0.000000748. The second-order valence-corrected chi connectivity index (χ2v) is 10.4. The molecule has 2 aliphatic rings. The molecule has 38 heavy (non-hydrogen) atoms. The Labute approximate surface area is 230 Å². The fourth-order valence-electron chi connectivity index (χ4n) is 5.63. The summed E-state index contributed by atoms with van der Waals surface area (Å²) in [7, 11) is 1.74. The molecule has 2 N–H and O–H groups in total. The number of aldehydes is 1. The molecule has 5 rings (SSSR count). The Bertz CT molecular complexity index is 1410. The van der Waals surface area contributed by atoms with E-state index < -0.39 is 11.5 Å². The van der Waals surface area contributed by atoms with E-state index in [1.807, 2.05) is 33.8 Å². The summed E-state index contributed by atoms with van der Waals surface area (Å²) in [5, 5.41) is 12.3. The highest BCUT2D eigenvalue weighted by Gasteiger charge is 2.37. The van der Waals surface area contributed by atoms with Crippen molar-refractivity contribution in [2.45, 2.75) is 85.8 Å². The average molecular weight is 542 g/mol. The summed E-state index contributed by atoms with van der Waals surface area (Å²) in [5.41, 5.74) is 5.25. The van der Waals surface area contributed by atoms with Gasteiger partial charge in [0.05, 0.1) is 29.1 Å². The molecule has 0 saturated heterocycles. The van der Waals surface area contributed by atoms with E-state index in [0.29, 0.717) is 46.6 Å². The second-order valence-electron chi connectivity index (χ2n) is 9.99. The third-order valence-electron chi connectivity index (χ3n) is 7.77. The lowest BCUT2D eigenvalue weighted by molar-refractivity contribution is -0.118. The molecule has 2 aromatic heterocycles. The third-order valence-corrected chi connectivity index (χ3v) is 7.77. The lowest BCUT2D eigenvalue weighted by atomic mass is 9.81. The summed E-state index contributed by atoms with van der Waals surface area (Å²) >= 11 is 3.54. The number of pyridine rings is 2. The van der Waals surface area contributed by atoms with Gasteiger partial charge < -0.3 is 14.5 Å². The van der Waals surface area contributed by atoms with Crippen molar-refractivity contribution in [1.29, 1.82) is 0 Å². The summed E-state index contributed by atoms with van der Waals surface area (Å²) in [6.07, 6.45) is 4.62. The number of carbonyl (C=O) groups excluding carboxylic acids is 1. The monoisotopic (exact) mass is 541 g/mol. The molecule has 0 saturated carbocycles. The van der Waals surface area contributed by atoms with Gasteiger partial charge in [0.1, 0.15) is 12.1 Å². The van der Waals surface area contributed by atoms with Crippen molar-refractivity contribution in [3.05, 3.63) is 61.7 Å². The predicted octanol–water partition coefficient (Wildman–Crippen LogP) is 5.43. The fraction of sp³-hybridized carbons (Fsp3) is 0.500. The zero-order chi connectivity index (χ0) is 28.4. The summed E-state index contributed by atoms with van der Waals surface area (Å²) in [4.78, 5) is 30.1. The van der Waals surface area contributed by atoms with Crippen LogP contribution in [0, 0.1) is 18.7 Å². The van der Waals surface area contributed by atoms with Gasteiger partial charge in [0.2, 0.25) is 0 Å². The van der Waals surface area contributed by atoms with Crippen molar-refractivity contribution in [3.63, 3.8) is 0 Å². The number of benzene rings is 1. The highest BCUT2D eigenvalue weighted by Crippen LogP contribution is 2.42. The molecule has 0 spiro atoms. The lowest BCUT2D eigenvalue weighted by Crippen LogP contribution is -2.36. The Hall–Kier alpha value is -2.55. The molecule has 8 heteroatoms. The van der Waals surface area contributed by atoms with Gasteiger partial charge in [-0.1, -0.05) is 46.9 Å². The van der Waals surface area contributed by atoms with Crippen molar-refractivity contribution in [2.75, 3.05) is 7.05 Å². The number of halogens is 1. The number of nitrogens with one attached hydrogen (secondary N) is 1. The zero-order valence-corrected chi connectivity index (χ0v) is 24.4. The first-order valence-electron chi connectivity index (χ1n) is 13.5. The van der Waals surface area contributed by atoms with E-state index in [1.54, 1.807) is 25.5 Å². The van der Waals surface area contributed by atoms with Crippen LogP contribution in [0.1, 0.15) is 80.8 Å². The molecule has 2 atom stereocenters. The number of hydrogen-bond acceptors (Lipinski definition) is 6. The van der Waals surface area contributed by atoms with E-state index in [-0.39, 0.29) is 11.4 Å². The molecule has 0 bridgehead atoms. The van der Waals surface area contributed by atoms with E-state index in [4.69, 9.17) is 4.98 Å². The smallest absolute Gasteiger partial charge is 0.254 e. The molecule has 206 valence electrons. The SMILES string of the molecule is CC.CCCc1c([C@](C)(O)C(C)C=O)cc2n(c1=O)Cc1c-2nc2cc(F)c(C)c3c2c1CCC3.CNS. The molecular weight excluding hydrogens is 501 g/mol. The predicted molar refractivity (Wildman–Crippen MR) is 155 cm³/mol. The Morgan fingerprint density at radius 2 is 1.89 bits per heavy atom. The highest BCUT2D eigenvalue weighted by molar-refractivity contribution is 7.78. The number of rotatable bonds is 5. The molecule has 1 aliphatic carbocycles. The van der Waals surface area contributed by atoms with Crippen LogP contribution in [0.3, 0.4) is 0 Å². The standard InChI is InChI=1S/C27H29FN2O3.C2H6.CH5NS/c1-5-7-18-20(27(4,33)14(2)13-31)10-23-25-19(12-30(23)26(18)32)17-9-6-8-16-15(3)21(28)11-22(29-25)24(16)17;1-2;1-2-3/h10-11,13-14,33H,5-9,12H2,1-4H3;1-2H3;2-3H,1H3/t14?,27-;;/m1../s1. The molecule has 3 aromatic rings. The van der Waals surface area contributed by atoms with E-state index in [1.165, 1.54) is 6.07 Å². The summed E-state index contributed by atoms with van der Waals surface area (Å²) in [6.45, 7) is 11.5. The first-order valence-corrected chi connectivity index (χ1v) is 14.0. The van der Waals surface area contributed by atoms with Crippen molar-refractivity contribution in [2.24, 2.45) is 5.92 Å². The quantitative estimate of drug-likeness (QED) is 0.232. The topological polar surface area (TPSA) is 84.2 Å². The minimum atomic E-state index is -1.48. The number of fused-ring (bicyclic) bond motifs is 4. The minimum absolute atomic E-state index is 0.143. The van der Waals surface area contributed by atoms with Crippen LogP contribution in [-0.4, -0.2) is 28.0 Å². The van der Waals surface area contributed by atoms with Gasteiger partial charge in [0.25, 0.3) is 5.56 Å². The van der Waals surface area contributed by atoms with E-state index >= 15 is 0 Å². The van der Waals surface area contributed by atoms with E-state index in [9.17, 15) is 19.1 Å². The van der Waals surface area contributed by atoms with Crippen LogP contribution in [0.2, 0.25) is 0 Å². The van der Waals surface area contributed by atoms with Gasteiger partial charge in [0.15, 0.2) is 0 Å². The van der Waals surface area contributed by atoms with Crippen molar-refractivity contribution < 1.29 is 14.3 Å². The summed E-state index contributed by atoms with van der Waals surface area (Å²) < 4.78 is 18.9. The number of nitrogens with zero attached hydrogens (tertiary/aromatic N) is 2. The molecular formula is C30H40FN3O3S. The first-order chi connectivity index (χ1) is 18.1. The molecule has 0 amide bonds. The van der Waals surface area contributed by atoms with Gasteiger partial charge in [-0.2, -0.15) is 0 Å². The van der Waals surface area contributed by atoms with Crippen LogP contribution < -0.4 is 10.3 Å². The van der Waals surface area contributed by atoms with Crippen LogP contribution in [0.15, 0.2) is 16.9 Å². The van der Waals surface area contributed by atoms with Crippen molar-refractivity contribution in [1.82, 2.24) is 14.3 Å². The number of carbonyl (C=O) groups is 1. The third kappa shape index (κ3) is 4.94. The van der Waals surface area contributed by atoms with Gasteiger partial charge in [-0.15, -0.1) is 0 Å². The lowest BCUT2D eigenvalue weighted by Gasteiger charge is -2.30. The van der Waals surface area contributed by atoms with E-state index in [0.717, 1.165) is 54.0 Å². The number of aromatic nitrogens is 2. The molecule has 0 fully saturated rings. The van der Waals surface area contributed by atoms with Crippen LogP contribution in [0.4, 0.5) is 4.39 Å². The van der Waals surface area contributed by atoms with Gasteiger partial charge in [-0.05, 0) is 74.9 Å². The molecule has 0 radical (unpaired) electrons. The fourth-order valence-corrected chi connectivity index (χ4v) is 5.63. The van der Waals surface area contributed by atoms with Gasteiger partial charge in [-0.3, -0.25) is 9.52 Å². The zero-order valence-electron chi connectivity index (χ0n) is 23.5. The number of hydrogen-bond donors (Lipinski definition) is 3. The Kier molecular flexibility index (Phi) is 9.55. The normalized spacial score (nSPS) is 15.3. The average Bonchev–Trinajstić information content (AvgIpc) is 3.28. The van der Waals surface area contributed by atoms with Crippen LogP contribution in [0.5, 0.6) is 0 Å². The maximum Gasteiger partial charge on any atom is 0.254 e. The van der Waals surface area contributed by atoms with Crippen molar-refractivity contribution in [3.8, 4) is 11.4 Å². The van der Waals surface area contributed by atoms with Gasteiger partial charge >= 0.3 is 0 Å². The molecule has 1 aromatic carbocycles. The highest BCUT2D eigenvalue weighted by atomic mass is 32.1. The second kappa shape index (κ2) is 12.1. The maximum atomic E-state index is 14.7. The number of aliphatic hydroxyl groups is 1. The summed E-state index contributed by atoms with van der Waals surface area (Å²) in [6, 6.07) is 3.33. The molecule has 1 unspecified atom stereocenters. The minimum Gasteiger partial charge on any atom is -0.385 e. The van der Waals surface area contributed by atoms with Crippen LogP contribution in [0.25, 0.3) is 22.3 Å². The van der Waals surface area contributed by atoms with Gasteiger partial charge in [0, 0.05) is 28.5 Å². The molecule has 6 nitrogen and oxygen atoms in total. The summed E-state index contributed by atoms with van der Waals surface area (Å²) in [5.74, 6) is -0.934. The Morgan fingerprint density at radius 3 is 2.50 bits per heavy atom.